The molecule has 0 fully saturated rings. The van der Waals surface area contributed by atoms with Gasteiger partial charge in [-0.25, -0.2) is 4.79 Å². The van der Waals surface area contributed by atoms with Crippen LogP contribution in [0.2, 0.25) is 18.1 Å². The molecule has 0 aliphatic heterocycles. The van der Waals surface area contributed by atoms with E-state index in [2.05, 4.69) is 5.32 Å². The van der Waals surface area contributed by atoms with Crippen LogP contribution in [-0.2, 0) is 44.6 Å². The number of carbonyl (C=O) groups is 2. The van der Waals surface area contributed by atoms with Crippen molar-refractivity contribution in [2.75, 3.05) is 79.1 Å². The molecule has 0 aliphatic carbocycles. The van der Waals surface area contributed by atoms with Gasteiger partial charge in [0.25, 0.3) is 0 Å². The fourth-order valence-electron chi connectivity index (χ4n) is 5.67. The molecule has 0 atom stereocenters. The molecular weight excluding hydrogens is 685 g/mol. The van der Waals surface area contributed by atoms with E-state index in [0.717, 1.165) is 12.8 Å². The summed E-state index contributed by atoms with van der Waals surface area (Å²) in [5, 5.41) is 3.07. The maximum absolute atomic E-state index is 13.5. The molecule has 0 unspecified atom stereocenters. The monoisotopic (exact) mass is 756 g/mol. The summed E-state index contributed by atoms with van der Waals surface area (Å²) in [5.74, 6) is 0.191. The number of rotatable bonds is 35. The van der Waals surface area contributed by atoms with E-state index in [9.17, 15) is 9.59 Å². The standard InChI is InChI=1S/C33H72N2O11Si3/c1-10-38-47(39-11-2,40-12-3)29-20-19-24-32(36)25-21-27-35(28-23-31-49(44-16-7,45-17-8)46-18-9)33(37)34-26-22-30-48(41-13-4,42-14-5)43-15-6/h10-31H2,1-9H3,(H,34,37). The maximum Gasteiger partial charge on any atom is 0.500 e. The summed E-state index contributed by atoms with van der Waals surface area (Å²) in [7, 11) is -8.34. The lowest BCUT2D eigenvalue weighted by Crippen LogP contribution is -2.48. The Labute approximate surface area is 301 Å². The van der Waals surface area contributed by atoms with Gasteiger partial charge in [-0.2, -0.15) is 0 Å². The molecule has 0 aromatic rings. The molecule has 2 amide bonds. The Kier molecular flexibility index (Phi) is 29.3. The summed E-state index contributed by atoms with van der Waals surface area (Å²) in [6.07, 6.45) is 4.36. The highest BCUT2D eigenvalue weighted by atomic mass is 28.4. The van der Waals surface area contributed by atoms with Gasteiger partial charge in [-0.05, 0) is 94.4 Å². The van der Waals surface area contributed by atoms with Crippen LogP contribution in [0.4, 0.5) is 4.79 Å². The van der Waals surface area contributed by atoms with Gasteiger partial charge in [-0.1, -0.05) is 0 Å². The van der Waals surface area contributed by atoms with E-state index in [1.54, 1.807) is 4.90 Å². The van der Waals surface area contributed by atoms with Gasteiger partial charge in [-0.3, -0.25) is 4.79 Å². The molecule has 0 bridgehead atoms. The molecule has 1 N–H and O–H groups in total. The van der Waals surface area contributed by atoms with Crippen LogP contribution in [0.15, 0.2) is 0 Å². The summed E-state index contributed by atoms with van der Waals surface area (Å²) >= 11 is 0. The third kappa shape index (κ3) is 20.8. The van der Waals surface area contributed by atoms with Gasteiger partial charge in [0.1, 0.15) is 5.78 Å². The first-order valence-electron chi connectivity index (χ1n) is 18.9. The molecule has 16 heteroatoms. The van der Waals surface area contributed by atoms with Crippen LogP contribution < -0.4 is 5.32 Å². The SMILES string of the molecule is CCO[Si](CCCCC(=O)CCCN(CCC[Si](OCC)(OCC)OCC)C(=O)NCCC[Si](OCC)(OCC)OCC)(OCC)OCC. The average molecular weight is 757 g/mol. The molecule has 0 aliphatic rings. The number of urea groups is 1. The zero-order valence-electron chi connectivity index (χ0n) is 32.5. The summed E-state index contributed by atoms with van der Waals surface area (Å²) in [4.78, 5) is 28.1. The van der Waals surface area contributed by atoms with Crippen LogP contribution in [0.5, 0.6) is 0 Å². The fraction of sp³-hybridized carbons (Fsp3) is 0.939. The summed E-state index contributed by atoms with van der Waals surface area (Å²) in [6, 6.07) is 1.76. The third-order valence-corrected chi connectivity index (χ3v) is 16.9. The zero-order valence-corrected chi connectivity index (χ0v) is 35.5. The quantitative estimate of drug-likeness (QED) is 0.0566. The van der Waals surface area contributed by atoms with Crippen molar-refractivity contribution in [1.82, 2.24) is 10.2 Å². The van der Waals surface area contributed by atoms with E-state index in [1.807, 2.05) is 62.3 Å². The van der Waals surface area contributed by atoms with E-state index in [4.69, 9.17) is 39.8 Å². The zero-order chi connectivity index (χ0) is 36.9. The molecule has 0 aromatic heterocycles. The minimum Gasteiger partial charge on any atom is -0.374 e. The second-order valence-electron chi connectivity index (χ2n) is 11.2. The molecule has 0 rings (SSSR count). The van der Waals surface area contributed by atoms with Crippen LogP contribution in [0, 0.1) is 0 Å². The van der Waals surface area contributed by atoms with Gasteiger partial charge in [-0.15, -0.1) is 0 Å². The van der Waals surface area contributed by atoms with Gasteiger partial charge in [0.2, 0.25) is 0 Å². The van der Waals surface area contributed by atoms with E-state index < -0.39 is 26.4 Å². The van der Waals surface area contributed by atoms with E-state index in [0.29, 0.717) is 129 Å². The lowest BCUT2D eigenvalue weighted by atomic mass is 10.1. The number of Topliss-reactive ketones (excluding diaryl/α,β-unsaturated/α-hetero) is 1. The first-order chi connectivity index (χ1) is 23.6. The highest BCUT2D eigenvalue weighted by Gasteiger charge is 2.41. The molecule has 49 heavy (non-hydrogen) atoms. The minimum atomic E-state index is -2.84. The van der Waals surface area contributed by atoms with E-state index in [-0.39, 0.29) is 11.8 Å². The van der Waals surface area contributed by atoms with Crippen LogP contribution in [0.25, 0.3) is 0 Å². The summed E-state index contributed by atoms with van der Waals surface area (Å²) < 4.78 is 53.8. The Balaban J connectivity index is 5.29. The Hall–Kier alpha value is -0.769. The molecule has 0 heterocycles. The largest absolute Gasteiger partial charge is 0.500 e. The molecule has 292 valence electrons. The molecule has 0 saturated carbocycles. The Morgan fingerprint density at radius 2 is 0.776 bits per heavy atom. The number of hydrogen-bond donors (Lipinski definition) is 1. The number of ketones is 1. The highest BCUT2D eigenvalue weighted by molar-refractivity contribution is 6.61. The topological polar surface area (TPSA) is 132 Å². The average Bonchev–Trinajstić information content (AvgIpc) is 3.05. The normalized spacial score (nSPS) is 12.4. The molecular formula is C33H72N2O11Si3. The maximum atomic E-state index is 13.5. The second kappa shape index (κ2) is 29.8. The van der Waals surface area contributed by atoms with Gasteiger partial charge < -0.3 is 50.1 Å². The molecule has 0 saturated heterocycles. The number of carbonyl (C=O) groups excluding carboxylic acids is 2. The van der Waals surface area contributed by atoms with Crippen molar-refractivity contribution in [2.45, 2.75) is 125 Å². The number of nitrogens with zero attached hydrogens (tertiary/aromatic N) is 1. The van der Waals surface area contributed by atoms with Crippen molar-refractivity contribution >= 4 is 38.2 Å². The lowest BCUT2D eigenvalue weighted by Gasteiger charge is -2.30. The highest BCUT2D eigenvalue weighted by Crippen LogP contribution is 2.22. The third-order valence-electron chi connectivity index (χ3n) is 7.48. The van der Waals surface area contributed by atoms with Crippen molar-refractivity contribution in [1.29, 1.82) is 0 Å². The Morgan fingerprint density at radius 1 is 0.449 bits per heavy atom. The van der Waals surface area contributed by atoms with Gasteiger partial charge in [0.05, 0.1) is 0 Å². The van der Waals surface area contributed by atoms with Crippen molar-refractivity contribution < 1.29 is 49.4 Å². The number of amides is 2. The van der Waals surface area contributed by atoms with Crippen molar-refractivity contribution in [3.05, 3.63) is 0 Å². The lowest BCUT2D eigenvalue weighted by molar-refractivity contribution is -0.119. The van der Waals surface area contributed by atoms with Crippen molar-refractivity contribution in [3.8, 4) is 0 Å². The predicted octanol–water partition coefficient (Wildman–Crippen LogP) is 6.44. The predicted molar refractivity (Wildman–Crippen MR) is 199 cm³/mol. The van der Waals surface area contributed by atoms with Crippen molar-refractivity contribution in [2.24, 2.45) is 0 Å². The van der Waals surface area contributed by atoms with Crippen LogP contribution in [-0.4, -0.2) is 122 Å². The van der Waals surface area contributed by atoms with Gasteiger partial charge >= 0.3 is 32.4 Å². The minimum absolute atomic E-state index is 0.162. The summed E-state index contributed by atoms with van der Waals surface area (Å²) in [6.45, 7) is 23.5. The molecule has 0 aromatic carbocycles. The Morgan fingerprint density at radius 3 is 1.16 bits per heavy atom. The van der Waals surface area contributed by atoms with Crippen molar-refractivity contribution in [3.63, 3.8) is 0 Å². The van der Waals surface area contributed by atoms with Gasteiger partial charge in [0, 0.05) is 110 Å². The fourth-order valence-corrected chi connectivity index (χ4v) is 13.6. The number of nitrogens with one attached hydrogen (secondary N) is 1. The van der Waals surface area contributed by atoms with E-state index in [1.165, 1.54) is 0 Å². The molecule has 0 radical (unpaired) electrons. The second-order valence-corrected chi connectivity index (χ2v) is 19.4. The smallest absolute Gasteiger partial charge is 0.374 e. The molecule has 0 spiro atoms. The van der Waals surface area contributed by atoms with Crippen LogP contribution in [0.3, 0.4) is 0 Å². The van der Waals surface area contributed by atoms with E-state index >= 15 is 0 Å². The Bertz CT molecular complexity index is 782. The first-order valence-corrected chi connectivity index (χ1v) is 24.7. The summed E-state index contributed by atoms with van der Waals surface area (Å²) in [5.41, 5.74) is 0. The van der Waals surface area contributed by atoms with Crippen LogP contribution in [0.1, 0.15) is 107 Å². The number of hydrogen-bond acceptors (Lipinski definition) is 11. The molecule has 13 nitrogen and oxygen atoms in total. The van der Waals surface area contributed by atoms with Crippen LogP contribution >= 0.6 is 0 Å². The first kappa shape index (κ1) is 48.2. The van der Waals surface area contributed by atoms with Gasteiger partial charge in [0.15, 0.2) is 0 Å². The number of unbranched alkanes of at least 4 members (excludes halogenated alkanes) is 1.